The van der Waals surface area contributed by atoms with E-state index in [1.54, 1.807) is 0 Å². The summed E-state index contributed by atoms with van der Waals surface area (Å²) < 4.78 is 75.9. The Bertz CT molecular complexity index is 537. The van der Waals surface area contributed by atoms with Gasteiger partial charge in [0.2, 0.25) is 0 Å². The summed E-state index contributed by atoms with van der Waals surface area (Å²) in [5.41, 5.74) is -1.49. The summed E-state index contributed by atoms with van der Waals surface area (Å²) in [5, 5.41) is 0. The maximum atomic E-state index is 12.9. The Balaban J connectivity index is 2.22. The lowest BCUT2D eigenvalue weighted by Crippen LogP contribution is -2.51. The molecule has 9 heteroatoms. The molecule has 1 aromatic rings. The molecule has 0 bridgehead atoms. The molecule has 0 saturated carbocycles. The van der Waals surface area contributed by atoms with Crippen molar-refractivity contribution in [2.45, 2.75) is 37.7 Å². The van der Waals surface area contributed by atoms with Gasteiger partial charge in [0, 0.05) is 12.7 Å². The fourth-order valence-corrected chi connectivity index (χ4v) is 2.37. The SMILES string of the molecule is O=C(c1ccc(C(F)(F)F)nc1)N1CCCCC1C(F)(F)F. The van der Waals surface area contributed by atoms with Crippen LogP contribution in [-0.2, 0) is 6.18 Å². The van der Waals surface area contributed by atoms with Gasteiger partial charge in [0.15, 0.2) is 0 Å². The second-order valence-electron chi connectivity index (χ2n) is 4.98. The minimum Gasteiger partial charge on any atom is -0.326 e. The van der Waals surface area contributed by atoms with Crippen molar-refractivity contribution in [2.24, 2.45) is 0 Å². The molecule has 3 nitrogen and oxygen atoms in total. The van der Waals surface area contributed by atoms with Gasteiger partial charge in [-0.05, 0) is 31.4 Å². The highest BCUT2D eigenvalue weighted by Crippen LogP contribution is 2.33. The van der Waals surface area contributed by atoms with Crippen molar-refractivity contribution < 1.29 is 31.1 Å². The van der Waals surface area contributed by atoms with Gasteiger partial charge in [0.1, 0.15) is 11.7 Å². The number of likely N-dealkylation sites (tertiary alicyclic amines) is 1. The quantitative estimate of drug-likeness (QED) is 0.738. The molecule has 0 aromatic carbocycles. The van der Waals surface area contributed by atoms with Crippen molar-refractivity contribution in [2.75, 3.05) is 6.54 Å². The standard InChI is InChI=1S/C13H12F6N2O/c14-12(15,16)9-5-4-8(7-20-9)11(22)21-6-2-1-3-10(21)13(17,18)19/h4-5,7,10H,1-3,6H2. The van der Waals surface area contributed by atoms with Crippen LogP contribution in [0.1, 0.15) is 35.3 Å². The molecule has 1 saturated heterocycles. The molecular weight excluding hydrogens is 314 g/mol. The van der Waals surface area contributed by atoms with Crippen LogP contribution >= 0.6 is 0 Å². The van der Waals surface area contributed by atoms with Crippen molar-refractivity contribution in [3.05, 3.63) is 29.6 Å². The highest BCUT2D eigenvalue weighted by atomic mass is 19.4. The van der Waals surface area contributed by atoms with E-state index >= 15 is 0 Å². The monoisotopic (exact) mass is 326 g/mol. The fraction of sp³-hybridized carbons (Fsp3) is 0.538. The van der Waals surface area contributed by atoms with E-state index in [4.69, 9.17) is 0 Å². The molecule has 1 fully saturated rings. The Morgan fingerprint density at radius 1 is 1.14 bits per heavy atom. The van der Waals surface area contributed by atoms with Crippen LogP contribution in [0.3, 0.4) is 0 Å². The molecule has 1 atom stereocenters. The Morgan fingerprint density at radius 2 is 1.82 bits per heavy atom. The molecule has 0 N–H and O–H groups in total. The fourth-order valence-electron chi connectivity index (χ4n) is 2.37. The molecule has 1 aliphatic rings. The van der Waals surface area contributed by atoms with Crippen molar-refractivity contribution in [3.8, 4) is 0 Å². The molecule has 0 spiro atoms. The molecule has 2 rings (SSSR count). The molecule has 1 aliphatic heterocycles. The highest BCUT2D eigenvalue weighted by molar-refractivity contribution is 5.94. The number of pyridine rings is 1. The first kappa shape index (κ1) is 16.6. The summed E-state index contributed by atoms with van der Waals surface area (Å²) in [4.78, 5) is 15.9. The average Bonchev–Trinajstić information content (AvgIpc) is 2.45. The lowest BCUT2D eigenvalue weighted by Gasteiger charge is -2.36. The lowest BCUT2D eigenvalue weighted by atomic mass is 10.0. The number of carbonyl (C=O) groups is 1. The van der Waals surface area contributed by atoms with Gasteiger partial charge in [0.05, 0.1) is 5.56 Å². The topological polar surface area (TPSA) is 33.2 Å². The van der Waals surface area contributed by atoms with Crippen LogP contribution in [0.15, 0.2) is 18.3 Å². The Hall–Kier alpha value is -1.80. The minimum absolute atomic E-state index is 0.0793. The Morgan fingerprint density at radius 3 is 2.32 bits per heavy atom. The van der Waals surface area contributed by atoms with E-state index in [-0.39, 0.29) is 18.5 Å². The first-order valence-electron chi connectivity index (χ1n) is 6.51. The second kappa shape index (κ2) is 5.77. The van der Waals surface area contributed by atoms with E-state index < -0.39 is 30.0 Å². The first-order chi connectivity index (χ1) is 10.1. The van der Waals surface area contributed by atoms with Crippen LogP contribution in [0.5, 0.6) is 0 Å². The predicted octanol–water partition coefficient (Wildman–Crippen LogP) is 3.66. The zero-order valence-electron chi connectivity index (χ0n) is 11.2. The van der Waals surface area contributed by atoms with Crippen LogP contribution in [0.25, 0.3) is 0 Å². The second-order valence-corrected chi connectivity index (χ2v) is 4.98. The van der Waals surface area contributed by atoms with Crippen LogP contribution in [-0.4, -0.2) is 34.6 Å². The van der Waals surface area contributed by atoms with Gasteiger partial charge in [-0.2, -0.15) is 26.3 Å². The Kier molecular flexibility index (Phi) is 4.35. The molecule has 0 aliphatic carbocycles. The number of amides is 1. The third-order valence-electron chi connectivity index (χ3n) is 3.44. The van der Waals surface area contributed by atoms with Crippen LogP contribution < -0.4 is 0 Å². The van der Waals surface area contributed by atoms with E-state index in [9.17, 15) is 31.1 Å². The number of hydrogen-bond donors (Lipinski definition) is 0. The number of halogens is 6. The molecule has 1 aromatic heterocycles. The van der Waals surface area contributed by atoms with E-state index in [0.29, 0.717) is 30.0 Å². The van der Waals surface area contributed by atoms with Crippen LogP contribution in [0.4, 0.5) is 26.3 Å². The molecule has 1 unspecified atom stereocenters. The molecular formula is C13H12F6N2O. The highest BCUT2D eigenvalue weighted by Gasteiger charge is 2.46. The normalized spacial score (nSPS) is 20.1. The van der Waals surface area contributed by atoms with Gasteiger partial charge < -0.3 is 4.90 Å². The number of rotatable bonds is 1. The maximum Gasteiger partial charge on any atom is 0.433 e. The number of carbonyl (C=O) groups excluding carboxylic acids is 1. The largest absolute Gasteiger partial charge is 0.433 e. The summed E-state index contributed by atoms with van der Waals surface area (Å²) in [6.07, 6.45) is -8.00. The van der Waals surface area contributed by atoms with Gasteiger partial charge in [0.25, 0.3) is 5.91 Å². The van der Waals surface area contributed by atoms with Gasteiger partial charge in [-0.25, -0.2) is 0 Å². The van der Waals surface area contributed by atoms with Crippen molar-refractivity contribution >= 4 is 5.91 Å². The summed E-state index contributed by atoms with van der Waals surface area (Å²) >= 11 is 0. The van der Waals surface area contributed by atoms with Crippen LogP contribution in [0.2, 0.25) is 0 Å². The van der Waals surface area contributed by atoms with Crippen LogP contribution in [0, 0.1) is 0 Å². The minimum atomic E-state index is -4.67. The third-order valence-corrected chi connectivity index (χ3v) is 3.44. The summed E-state index contributed by atoms with van der Waals surface area (Å²) in [6.45, 7) is -0.0793. The number of hydrogen-bond acceptors (Lipinski definition) is 2. The molecule has 1 amide bonds. The third kappa shape index (κ3) is 3.50. The van der Waals surface area contributed by atoms with Crippen molar-refractivity contribution in [3.63, 3.8) is 0 Å². The van der Waals surface area contributed by atoms with E-state index in [0.717, 1.165) is 6.07 Å². The van der Waals surface area contributed by atoms with E-state index in [2.05, 4.69) is 4.98 Å². The first-order valence-corrected chi connectivity index (χ1v) is 6.51. The summed E-state index contributed by atoms with van der Waals surface area (Å²) in [7, 11) is 0. The number of aromatic nitrogens is 1. The molecule has 22 heavy (non-hydrogen) atoms. The average molecular weight is 326 g/mol. The zero-order valence-corrected chi connectivity index (χ0v) is 11.2. The maximum absolute atomic E-state index is 12.9. The predicted molar refractivity (Wildman–Crippen MR) is 64.0 cm³/mol. The molecule has 122 valence electrons. The number of alkyl halides is 6. The smallest absolute Gasteiger partial charge is 0.326 e. The van der Waals surface area contributed by atoms with Gasteiger partial charge in [-0.3, -0.25) is 9.78 Å². The summed E-state index contributed by atoms with van der Waals surface area (Å²) in [5.74, 6) is -0.955. The van der Waals surface area contributed by atoms with Gasteiger partial charge in [-0.1, -0.05) is 0 Å². The van der Waals surface area contributed by atoms with E-state index in [1.165, 1.54) is 0 Å². The number of nitrogens with zero attached hydrogens (tertiary/aromatic N) is 2. The van der Waals surface area contributed by atoms with Crippen molar-refractivity contribution in [1.82, 2.24) is 9.88 Å². The zero-order chi connectivity index (χ0) is 16.5. The van der Waals surface area contributed by atoms with Crippen molar-refractivity contribution in [1.29, 1.82) is 0 Å². The van der Waals surface area contributed by atoms with Gasteiger partial charge >= 0.3 is 12.4 Å². The summed E-state index contributed by atoms with van der Waals surface area (Å²) in [6, 6.07) is -0.476. The lowest BCUT2D eigenvalue weighted by molar-refractivity contribution is -0.183. The number of piperidine rings is 1. The molecule has 2 heterocycles. The van der Waals surface area contributed by atoms with E-state index in [1.807, 2.05) is 0 Å². The van der Waals surface area contributed by atoms with Gasteiger partial charge in [-0.15, -0.1) is 0 Å². The Labute approximate surface area is 121 Å². The molecule has 0 radical (unpaired) electrons.